The van der Waals surface area contributed by atoms with Gasteiger partial charge in [0.1, 0.15) is 0 Å². The van der Waals surface area contributed by atoms with E-state index in [0.29, 0.717) is 10.5 Å². The van der Waals surface area contributed by atoms with Gasteiger partial charge in [-0.25, -0.2) is 0 Å². The van der Waals surface area contributed by atoms with Crippen molar-refractivity contribution in [1.29, 1.82) is 0 Å². The molecule has 54 valence electrons. The van der Waals surface area contributed by atoms with Gasteiger partial charge in [-0.15, -0.1) is 12.6 Å². The summed E-state index contributed by atoms with van der Waals surface area (Å²) in [5.41, 5.74) is 0.589. The Morgan fingerprint density at radius 1 is 1.45 bits per heavy atom. The van der Waals surface area contributed by atoms with Gasteiger partial charge in [0.25, 0.3) is 0 Å². The van der Waals surface area contributed by atoms with Gasteiger partial charge in [0, 0.05) is 4.90 Å². The van der Waals surface area contributed by atoms with Crippen LogP contribution in [0.3, 0.4) is 0 Å². The molecule has 0 saturated heterocycles. The van der Waals surface area contributed by atoms with E-state index in [2.05, 4.69) is 33.4 Å². The molecule has 0 fully saturated rings. The Morgan fingerprint density at radius 2 is 2.09 bits per heavy atom. The van der Waals surface area contributed by atoms with Crippen molar-refractivity contribution in [2.24, 2.45) is 0 Å². The molecule has 0 aromatic heterocycles. The Kier molecular flexibility index (Phi) is 3.01. The zero-order valence-electron chi connectivity index (χ0n) is 5.74. The van der Waals surface area contributed by atoms with Crippen LogP contribution in [0.5, 0.6) is 0 Å². The fourth-order valence-corrected chi connectivity index (χ4v) is 1.16. The summed E-state index contributed by atoms with van der Waals surface area (Å²) in [6.45, 7) is 0. The molecule has 1 N–H and O–H groups in total. The van der Waals surface area contributed by atoms with Crippen LogP contribution in [0, 0.1) is 0 Å². The summed E-state index contributed by atoms with van der Waals surface area (Å²) in [6, 6.07) is 7.14. The van der Waals surface area contributed by atoms with Crippen LogP contribution >= 0.6 is 12.6 Å². The average Bonchev–Trinajstić information content (AvgIpc) is 2.04. The minimum absolute atomic E-state index is 0.138. The van der Waals surface area contributed by atoms with Gasteiger partial charge in [-0.2, -0.15) is 0 Å². The molecule has 0 heterocycles. The molecule has 1 rings (SSSR count). The molecule has 2 nitrogen and oxygen atoms in total. The second-order valence-corrected chi connectivity index (χ2v) is 2.76. The predicted molar refractivity (Wildman–Crippen MR) is 46.9 cm³/mol. The van der Waals surface area contributed by atoms with E-state index in [4.69, 9.17) is 0 Å². The molecule has 0 aliphatic carbocycles. The van der Waals surface area contributed by atoms with Crippen molar-refractivity contribution >= 4 is 35.0 Å². The Morgan fingerprint density at radius 3 is 2.64 bits per heavy atom. The van der Waals surface area contributed by atoms with Crippen molar-refractivity contribution in [1.82, 2.24) is 4.30 Å². The molecule has 1 aromatic carbocycles. The van der Waals surface area contributed by atoms with Crippen molar-refractivity contribution in [3.8, 4) is 0 Å². The fourth-order valence-electron chi connectivity index (χ4n) is 0.743. The zero-order valence-corrected chi connectivity index (χ0v) is 7.79. The van der Waals surface area contributed by atoms with Crippen LogP contribution in [0.1, 0.15) is 10.4 Å². The van der Waals surface area contributed by atoms with Gasteiger partial charge < -0.3 is 4.30 Å². The quantitative estimate of drug-likeness (QED) is 0.484. The number of amides is 1. The van der Waals surface area contributed by atoms with E-state index in [-0.39, 0.29) is 5.91 Å². The molecule has 0 aliphatic rings. The van der Waals surface area contributed by atoms with Crippen LogP contribution in [-0.2, 0) is 0 Å². The molecule has 0 spiro atoms. The number of thiol groups is 1. The molecule has 0 aliphatic heterocycles. The maximum Gasteiger partial charge on any atom is 0.310 e. The maximum atomic E-state index is 11.1. The lowest BCUT2D eigenvalue weighted by Gasteiger charge is -2.02. The van der Waals surface area contributed by atoms with Crippen molar-refractivity contribution in [3.05, 3.63) is 29.8 Å². The minimum Gasteiger partial charge on any atom is -0.459 e. The summed E-state index contributed by atoms with van der Waals surface area (Å²) in [5, 5.41) is 0. The van der Waals surface area contributed by atoms with Crippen LogP contribution in [0.25, 0.3) is 0 Å². The first-order valence-corrected chi connectivity index (χ1v) is 4.07. The van der Waals surface area contributed by atoms with Crippen LogP contribution < -0.4 is 4.30 Å². The Hall–Kier alpha value is -0.428. The molecule has 0 atom stereocenters. The van der Waals surface area contributed by atoms with E-state index in [1.54, 1.807) is 18.2 Å². The first-order chi connectivity index (χ1) is 5.25. The van der Waals surface area contributed by atoms with Crippen molar-refractivity contribution in [3.63, 3.8) is 0 Å². The van der Waals surface area contributed by atoms with Gasteiger partial charge >= 0.3 is 16.5 Å². The first-order valence-electron chi connectivity index (χ1n) is 3.04. The molecular formula is C7H6AlNOS. The van der Waals surface area contributed by atoms with E-state index in [9.17, 15) is 4.79 Å². The molecule has 0 unspecified atom stereocenters. The number of nitrogens with one attached hydrogen (secondary N) is 1. The Bertz CT molecular complexity index is 277. The number of carbonyl (C=O) groups is 1. The Balaban J connectivity index is 3.03. The van der Waals surface area contributed by atoms with Crippen molar-refractivity contribution in [2.45, 2.75) is 4.90 Å². The third-order valence-corrected chi connectivity index (χ3v) is 1.93. The summed E-state index contributed by atoms with van der Waals surface area (Å²) in [5.74, 6) is -0.138. The van der Waals surface area contributed by atoms with Gasteiger partial charge in [0.2, 0.25) is 5.91 Å². The maximum absolute atomic E-state index is 11.1. The zero-order chi connectivity index (χ0) is 8.27. The van der Waals surface area contributed by atoms with Crippen molar-refractivity contribution < 1.29 is 4.79 Å². The third kappa shape index (κ3) is 2.00. The number of hydrogen-bond acceptors (Lipinski definition) is 2. The lowest BCUT2D eigenvalue weighted by Crippen LogP contribution is -2.19. The van der Waals surface area contributed by atoms with Gasteiger partial charge in [0.05, 0.1) is 5.56 Å². The van der Waals surface area contributed by atoms with E-state index < -0.39 is 0 Å². The van der Waals surface area contributed by atoms with Crippen LogP contribution in [0.2, 0.25) is 0 Å². The smallest absolute Gasteiger partial charge is 0.310 e. The molecule has 0 bridgehead atoms. The standard InChI is InChI=1S/C7H7NOS.Al/c8-7(9)5-3-1-2-4-6(5)10;/h1-4H,(H3,8,9,10);/q;+1/p-1. The van der Waals surface area contributed by atoms with Crippen molar-refractivity contribution in [2.75, 3.05) is 0 Å². The molecule has 2 radical (unpaired) electrons. The largest absolute Gasteiger partial charge is 0.459 e. The Labute approximate surface area is 79.0 Å². The molecule has 1 aromatic rings. The summed E-state index contributed by atoms with van der Waals surface area (Å²) >= 11 is 6.28. The summed E-state index contributed by atoms with van der Waals surface area (Å²) < 4.78 is 2.45. The molecular weight excluding hydrogens is 173 g/mol. The van der Waals surface area contributed by atoms with E-state index >= 15 is 0 Å². The molecule has 0 saturated carbocycles. The van der Waals surface area contributed by atoms with Gasteiger partial charge in [-0.3, -0.25) is 4.79 Å². The highest BCUT2D eigenvalue weighted by atomic mass is 32.1. The molecule has 1 amide bonds. The highest BCUT2D eigenvalue weighted by molar-refractivity contribution is 7.80. The second kappa shape index (κ2) is 3.82. The number of rotatable bonds is 1. The normalized spacial score (nSPS) is 9.18. The topological polar surface area (TPSA) is 29.1 Å². The van der Waals surface area contributed by atoms with Gasteiger partial charge in [-0.05, 0) is 12.1 Å². The van der Waals surface area contributed by atoms with E-state index in [0.717, 1.165) is 0 Å². The van der Waals surface area contributed by atoms with E-state index in [1.165, 1.54) is 0 Å². The summed E-state index contributed by atoms with van der Waals surface area (Å²) in [4.78, 5) is 11.7. The highest BCUT2D eigenvalue weighted by Gasteiger charge is 2.03. The molecule has 4 heteroatoms. The number of benzene rings is 1. The molecule has 11 heavy (non-hydrogen) atoms. The second-order valence-electron chi connectivity index (χ2n) is 1.99. The summed E-state index contributed by atoms with van der Waals surface area (Å²) in [6.07, 6.45) is 0. The average molecular weight is 179 g/mol. The lowest BCUT2D eigenvalue weighted by atomic mass is 10.2. The number of hydrogen-bond donors (Lipinski definition) is 2. The summed E-state index contributed by atoms with van der Waals surface area (Å²) in [7, 11) is 0. The van der Waals surface area contributed by atoms with E-state index in [1.807, 2.05) is 6.07 Å². The first kappa shape index (κ1) is 8.67. The monoisotopic (exact) mass is 179 g/mol. The SMILES string of the molecule is O=C([NH][Al])c1ccccc1S. The lowest BCUT2D eigenvalue weighted by molar-refractivity contribution is 0.0979. The highest BCUT2D eigenvalue weighted by Crippen LogP contribution is 2.11. The van der Waals surface area contributed by atoms with Crippen LogP contribution in [0.4, 0.5) is 0 Å². The fraction of sp³-hybridized carbons (Fsp3) is 0. The predicted octanol–water partition coefficient (Wildman–Crippen LogP) is 0.789. The van der Waals surface area contributed by atoms with Gasteiger partial charge in [0.15, 0.2) is 0 Å². The van der Waals surface area contributed by atoms with Crippen LogP contribution in [0.15, 0.2) is 29.2 Å². The van der Waals surface area contributed by atoms with Gasteiger partial charge in [-0.1, -0.05) is 12.1 Å². The minimum atomic E-state index is -0.138. The third-order valence-electron chi connectivity index (χ3n) is 1.28. The number of carbonyl (C=O) groups excluding carboxylic acids is 1. The van der Waals surface area contributed by atoms with Crippen LogP contribution in [-0.4, -0.2) is 22.4 Å².